The molecular weight excluding hydrogens is 256 g/mol. The fourth-order valence-corrected chi connectivity index (χ4v) is 1.35. The Kier molecular flexibility index (Phi) is 4.74. The van der Waals surface area contributed by atoms with Crippen molar-refractivity contribution in [3.63, 3.8) is 0 Å². The molecule has 1 rings (SSSR count). The molecule has 18 heavy (non-hydrogen) atoms. The summed E-state index contributed by atoms with van der Waals surface area (Å²) in [5.74, 6) is -1.10. The van der Waals surface area contributed by atoms with Gasteiger partial charge in [-0.3, -0.25) is 0 Å². The van der Waals surface area contributed by atoms with Gasteiger partial charge >= 0.3 is 12.0 Å². The lowest BCUT2D eigenvalue weighted by molar-refractivity contribution is 0.0698. The molecule has 0 radical (unpaired) electrons. The number of amides is 2. The average Bonchev–Trinajstić information content (AvgIpc) is 2.28. The second kappa shape index (κ2) is 6.07. The van der Waals surface area contributed by atoms with Crippen molar-refractivity contribution in [2.45, 2.75) is 6.92 Å². The van der Waals surface area contributed by atoms with Gasteiger partial charge in [0, 0.05) is 5.03 Å². The number of hydrogen-bond donors (Lipinski definition) is 3. The van der Waals surface area contributed by atoms with Crippen LogP contribution in [-0.4, -0.2) is 23.7 Å². The highest BCUT2D eigenvalue weighted by Crippen LogP contribution is 2.17. The van der Waals surface area contributed by atoms with E-state index in [1.54, 1.807) is 13.0 Å². The molecule has 0 bridgehead atoms. The van der Waals surface area contributed by atoms with Gasteiger partial charge in [0.15, 0.2) is 0 Å². The third-order valence-corrected chi connectivity index (χ3v) is 2.23. The molecule has 0 saturated heterocycles. The normalized spacial score (nSPS) is 9.67. The number of rotatable bonds is 4. The molecule has 5 nitrogen and oxygen atoms in total. The molecule has 1 aromatic carbocycles. The van der Waals surface area contributed by atoms with E-state index in [1.807, 2.05) is 0 Å². The van der Waals surface area contributed by atoms with Crippen LogP contribution in [0.5, 0.6) is 0 Å². The Morgan fingerprint density at radius 3 is 2.67 bits per heavy atom. The zero-order valence-corrected chi connectivity index (χ0v) is 10.5. The van der Waals surface area contributed by atoms with Gasteiger partial charge in [-0.05, 0) is 19.1 Å². The molecule has 1 aromatic rings. The topological polar surface area (TPSA) is 78.4 Å². The Bertz CT molecular complexity index is 500. The molecule has 0 unspecified atom stereocenters. The highest BCUT2D eigenvalue weighted by atomic mass is 35.5. The minimum Gasteiger partial charge on any atom is -0.478 e. The second-order valence-electron chi connectivity index (χ2n) is 3.68. The molecule has 0 aromatic heterocycles. The van der Waals surface area contributed by atoms with Crippen molar-refractivity contribution in [3.05, 3.63) is 40.9 Å². The van der Waals surface area contributed by atoms with E-state index in [0.29, 0.717) is 0 Å². The van der Waals surface area contributed by atoms with E-state index in [2.05, 4.69) is 17.2 Å². The first-order chi connectivity index (χ1) is 8.40. The number of anilines is 1. The SMILES string of the molecule is C=C(Cl)CNC(=O)Nc1ccc(C)cc1C(=O)O. The number of carbonyl (C=O) groups excluding carboxylic acids is 1. The first kappa shape index (κ1) is 14.1. The predicted molar refractivity (Wildman–Crippen MR) is 70.2 cm³/mol. The lowest BCUT2D eigenvalue weighted by atomic mass is 10.1. The zero-order chi connectivity index (χ0) is 13.7. The number of carbonyl (C=O) groups is 2. The second-order valence-corrected chi connectivity index (χ2v) is 4.21. The van der Waals surface area contributed by atoms with Crippen LogP contribution in [0.25, 0.3) is 0 Å². The monoisotopic (exact) mass is 268 g/mol. The maximum Gasteiger partial charge on any atom is 0.337 e. The number of carboxylic acid groups (broad SMARTS) is 1. The Labute approximate surface area is 109 Å². The van der Waals surface area contributed by atoms with Crippen molar-refractivity contribution < 1.29 is 14.7 Å². The number of urea groups is 1. The summed E-state index contributed by atoms with van der Waals surface area (Å²) >= 11 is 5.50. The average molecular weight is 269 g/mol. The molecule has 0 spiro atoms. The molecule has 3 N–H and O–H groups in total. The molecule has 0 fully saturated rings. The number of halogens is 1. The molecular formula is C12H13ClN2O3. The van der Waals surface area contributed by atoms with Gasteiger partial charge in [0.05, 0.1) is 17.8 Å². The lowest BCUT2D eigenvalue weighted by Crippen LogP contribution is -2.30. The van der Waals surface area contributed by atoms with Gasteiger partial charge in [0.2, 0.25) is 0 Å². The van der Waals surface area contributed by atoms with Crippen molar-refractivity contribution in [1.82, 2.24) is 5.32 Å². The molecule has 0 aliphatic carbocycles. The number of hydrogen-bond acceptors (Lipinski definition) is 2. The number of carboxylic acids is 1. The molecule has 0 aliphatic heterocycles. The van der Waals surface area contributed by atoms with E-state index >= 15 is 0 Å². The molecule has 0 heterocycles. The Morgan fingerprint density at radius 1 is 1.44 bits per heavy atom. The van der Waals surface area contributed by atoms with Crippen LogP contribution in [0.1, 0.15) is 15.9 Å². The highest BCUT2D eigenvalue weighted by molar-refractivity contribution is 6.29. The van der Waals surface area contributed by atoms with Gasteiger partial charge in [-0.1, -0.05) is 29.8 Å². The van der Waals surface area contributed by atoms with Gasteiger partial charge in [0.25, 0.3) is 0 Å². The molecule has 0 saturated carbocycles. The van der Waals surface area contributed by atoms with Crippen molar-refractivity contribution in [2.75, 3.05) is 11.9 Å². The summed E-state index contributed by atoms with van der Waals surface area (Å²) < 4.78 is 0. The highest BCUT2D eigenvalue weighted by Gasteiger charge is 2.12. The maximum atomic E-state index is 11.5. The van der Waals surface area contributed by atoms with Gasteiger partial charge < -0.3 is 15.7 Å². The summed E-state index contributed by atoms with van der Waals surface area (Å²) in [5.41, 5.74) is 1.06. The van der Waals surface area contributed by atoms with E-state index in [1.165, 1.54) is 12.1 Å². The van der Waals surface area contributed by atoms with Crippen LogP contribution in [0.15, 0.2) is 29.8 Å². The minimum absolute atomic E-state index is 0.0369. The van der Waals surface area contributed by atoms with E-state index in [9.17, 15) is 9.59 Å². The van der Waals surface area contributed by atoms with Crippen molar-refractivity contribution in [1.29, 1.82) is 0 Å². The summed E-state index contributed by atoms with van der Waals surface area (Å²) in [6.07, 6.45) is 0. The molecule has 6 heteroatoms. The van der Waals surface area contributed by atoms with Crippen molar-refractivity contribution in [3.8, 4) is 0 Å². The Balaban J connectivity index is 2.81. The molecule has 2 amide bonds. The van der Waals surface area contributed by atoms with Crippen LogP contribution in [0.4, 0.5) is 10.5 Å². The standard InChI is InChI=1S/C12H13ClN2O3/c1-7-3-4-10(9(5-7)11(16)17)15-12(18)14-6-8(2)13/h3-5H,2,6H2,1H3,(H,16,17)(H2,14,15,18). The van der Waals surface area contributed by atoms with E-state index in [4.69, 9.17) is 16.7 Å². The van der Waals surface area contributed by atoms with Crippen LogP contribution in [-0.2, 0) is 0 Å². The fourth-order valence-electron chi connectivity index (χ4n) is 1.29. The van der Waals surface area contributed by atoms with Gasteiger partial charge in [-0.2, -0.15) is 0 Å². The predicted octanol–water partition coefficient (Wildman–Crippen LogP) is 2.57. The zero-order valence-electron chi connectivity index (χ0n) is 9.79. The Hall–Kier alpha value is -2.01. The third kappa shape index (κ3) is 4.10. The molecule has 0 atom stereocenters. The lowest BCUT2D eigenvalue weighted by Gasteiger charge is -2.10. The van der Waals surface area contributed by atoms with E-state index in [-0.39, 0.29) is 22.8 Å². The first-order valence-electron chi connectivity index (χ1n) is 5.12. The van der Waals surface area contributed by atoms with Crippen LogP contribution in [0.2, 0.25) is 0 Å². The largest absolute Gasteiger partial charge is 0.478 e. The number of aromatic carboxylic acids is 1. The number of aryl methyl sites for hydroxylation is 1. The van der Waals surface area contributed by atoms with Crippen LogP contribution >= 0.6 is 11.6 Å². The summed E-state index contributed by atoms with van der Waals surface area (Å²) in [4.78, 5) is 22.5. The third-order valence-electron chi connectivity index (χ3n) is 2.09. The number of benzene rings is 1. The van der Waals surface area contributed by atoms with Crippen LogP contribution in [0.3, 0.4) is 0 Å². The van der Waals surface area contributed by atoms with Gasteiger partial charge in [-0.25, -0.2) is 9.59 Å². The Morgan fingerprint density at radius 2 is 2.11 bits per heavy atom. The summed E-state index contributed by atoms with van der Waals surface area (Å²) in [5, 5.41) is 14.2. The maximum absolute atomic E-state index is 11.5. The smallest absolute Gasteiger partial charge is 0.337 e. The first-order valence-corrected chi connectivity index (χ1v) is 5.50. The van der Waals surface area contributed by atoms with E-state index in [0.717, 1.165) is 5.56 Å². The van der Waals surface area contributed by atoms with E-state index < -0.39 is 12.0 Å². The summed E-state index contributed by atoms with van der Waals surface area (Å²) in [6.45, 7) is 5.30. The quantitative estimate of drug-likeness (QED) is 0.785. The van der Waals surface area contributed by atoms with Crippen molar-refractivity contribution in [2.24, 2.45) is 0 Å². The van der Waals surface area contributed by atoms with Gasteiger partial charge in [-0.15, -0.1) is 0 Å². The van der Waals surface area contributed by atoms with Crippen LogP contribution < -0.4 is 10.6 Å². The number of nitrogens with one attached hydrogen (secondary N) is 2. The summed E-state index contributed by atoms with van der Waals surface area (Å²) in [6, 6.07) is 4.19. The minimum atomic E-state index is -1.10. The fraction of sp³-hybridized carbons (Fsp3) is 0.167. The van der Waals surface area contributed by atoms with Gasteiger partial charge in [0.1, 0.15) is 0 Å². The van der Waals surface area contributed by atoms with Crippen LogP contribution in [0, 0.1) is 6.92 Å². The molecule has 0 aliphatic rings. The van der Waals surface area contributed by atoms with Crippen molar-refractivity contribution >= 4 is 29.3 Å². The molecule has 96 valence electrons. The summed E-state index contributed by atoms with van der Waals surface area (Å²) in [7, 11) is 0.